The van der Waals surface area contributed by atoms with Crippen LogP contribution in [0.5, 0.6) is 0 Å². The summed E-state index contributed by atoms with van der Waals surface area (Å²) in [6.45, 7) is 2.26. The second-order valence-electron chi connectivity index (χ2n) is 5.57. The molecule has 0 radical (unpaired) electrons. The lowest BCUT2D eigenvalue weighted by Gasteiger charge is -2.15. The van der Waals surface area contributed by atoms with Crippen molar-refractivity contribution in [1.82, 2.24) is 4.57 Å². The Bertz CT molecular complexity index is 795. The Hall–Kier alpha value is -2.28. The minimum Gasteiger partial charge on any atom is -0.310 e. The maximum atomic E-state index is 2.38. The highest BCUT2D eigenvalue weighted by Gasteiger charge is 2.13. The molecule has 1 aliphatic carbocycles. The van der Waals surface area contributed by atoms with Gasteiger partial charge in [0.15, 0.2) is 0 Å². The van der Waals surface area contributed by atoms with Gasteiger partial charge in [0.05, 0.1) is 11.0 Å². The summed E-state index contributed by atoms with van der Waals surface area (Å²) in [6, 6.07) is 17.3. The van der Waals surface area contributed by atoms with E-state index in [2.05, 4.69) is 78.2 Å². The number of benzene rings is 2. The zero-order valence-corrected chi connectivity index (χ0v) is 11.6. The van der Waals surface area contributed by atoms with Crippen molar-refractivity contribution in [2.75, 3.05) is 0 Å². The van der Waals surface area contributed by atoms with E-state index in [1.807, 2.05) is 0 Å². The summed E-state index contributed by atoms with van der Waals surface area (Å²) in [6.07, 6.45) is 8.03. The van der Waals surface area contributed by atoms with E-state index in [-0.39, 0.29) is 0 Å². The van der Waals surface area contributed by atoms with Gasteiger partial charge in [0.25, 0.3) is 0 Å². The topological polar surface area (TPSA) is 4.93 Å². The fourth-order valence-corrected chi connectivity index (χ4v) is 3.08. The van der Waals surface area contributed by atoms with Gasteiger partial charge in [-0.1, -0.05) is 55.5 Å². The number of allylic oxidation sites excluding steroid dienone is 4. The van der Waals surface area contributed by atoms with Gasteiger partial charge >= 0.3 is 0 Å². The molecule has 4 rings (SSSR count). The molecule has 1 unspecified atom stereocenters. The summed E-state index contributed by atoms with van der Waals surface area (Å²) in [5.74, 6) is 0.645. The first-order valence-electron chi connectivity index (χ1n) is 7.21. The van der Waals surface area contributed by atoms with E-state index in [0.29, 0.717) is 5.92 Å². The maximum Gasteiger partial charge on any atom is 0.0540 e. The number of hydrogen-bond acceptors (Lipinski definition) is 0. The minimum absolute atomic E-state index is 0.645. The van der Waals surface area contributed by atoms with Gasteiger partial charge in [-0.25, -0.2) is 0 Å². The Kier molecular flexibility index (Phi) is 2.53. The van der Waals surface area contributed by atoms with Gasteiger partial charge < -0.3 is 4.57 Å². The molecule has 1 aromatic heterocycles. The van der Waals surface area contributed by atoms with Crippen LogP contribution in [-0.4, -0.2) is 4.57 Å². The van der Waals surface area contributed by atoms with Crippen LogP contribution in [0.3, 0.4) is 0 Å². The highest BCUT2D eigenvalue weighted by atomic mass is 15.0. The van der Waals surface area contributed by atoms with Crippen LogP contribution in [0.25, 0.3) is 27.5 Å². The van der Waals surface area contributed by atoms with Gasteiger partial charge in [-0.15, -0.1) is 0 Å². The lowest BCUT2D eigenvalue weighted by atomic mass is 10.0. The molecular formula is C19H17N. The van der Waals surface area contributed by atoms with Crippen LogP contribution in [0.15, 0.2) is 66.8 Å². The molecule has 1 aliphatic rings. The van der Waals surface area contributed by atoms with E-state index in [4.69, 9.17) is 0 Å². The lowest BCUT2D eigenvalue weighted by molar-refractivity contribution is 0.735. The second kappa shape index (κ2) is 4.38. The number of nitrogens with zero attached hydrogens (tertiary/aromatic N) is 1. The number of rotatable bonds is 1. The van der Waals surface area contributed by atoms with Crippen molar-refractivity contribution >= 4 is 27.5 Å². The van der Waals surface area contributed by atoms with Crippen LogP contribution in [0, 0.1) is 5.92 Å². The third kappa shape index (κ3) is 1.63. The zero-order valence-electron chi connectivity index (χ0n) is 11.6. The fraction of sp³-hybridized carbons (Fsp3) is 0.158. The van der Waals surface area contributed by atoms with Crippen LogP contribution in [0.1, 0.15) is 13.3 Å². The van der Waals surface area contributed by atoms with Gasteiger partial charge in [0, 0.05) is 16.5 Å². The number of hydrogen-bond donors (Lipinski definition) is 0. The Morgan fingerprint density at radius 2 is 1.50 bits per heavy atom. The third-order valence-corrected chi connectivity index (χ3v) is 4.13. The van der Waals surface area contributed by atoms with Gasteiger partial charge in [0.1, 0.15) is 0 Å². The molecule has 0 saturated carbocycles. The molecule has 1 heterocycles. The predicted octanol–water partition coefficient (Wildman–Crippen LogP) is 5.23. The summed E-state index contributed by atoms with van der Waals surface area (Å²) in [5, 5.41) is 2.66. The molecule has 1 atom stereocenters. The van der Waals surface area contributed by atoms with Crippen LogP contribution in [0.4, 0.5) is 0 Å². The van der Waals surface area contributed by atoms with E-state index in [0.717, 1.165) is 6.42 Å². The SMILES string of the molecule is CC1C=CC(n2c3ccccc3c3ccccc32)=CC1. The minimum atomic E-state index is 0.645. The molecule has 0 amide bonds. The molecule has 0 bridgehead atoms. The second-order valence-corrected chi connectivity index (χ2v) is 5.57. The molecular weight excluding hydrogens is 242 g/mol. The zero-order chi connectivity index (χ0) is 13.5. The molecule has 0 N–H and O–H groups in total. The van der Waals surface area contributed by atoms with Gasteiger partial charge in [-0.3, -0.25) is 0 Å². The Labute approximate surface area is 118 Å². The van der Waals surface area contributed by atoms with Crippen molar-refractivity contribution in [3.8, 4) is 0 Å². The first-order valence-corrected chi connectivity index (χ1v) is 7.21. The van der Waals surface area contributed by atoms with Crippen molar-refractivity contribution in [2.45, 2.75) is 13.3 Å². The highest BCUT2D eigenvalue weighted by molar-refractivity contribution is 6.10. The van der Waals surface area contributed by atoms with E-state index in [9.17, 15) is 0 Å². The maximum absolute atomic E-state index is 2.38. The van der Waals surface area contributed by atoms with E-state index in [1.165, 1.54) is 27.5 Å². The number of para-hydroxylation sites is 2. The smallest absolute Gasteiger partial charge is 0.0540 e. The molecule has 20 heavy (non-hydrogen) atoms. The van der Waals surface area contributed by atoms with Gasteiger partial charge in [0.2, 0.25) is 0 Å². The van der Waals surface area contributed by atoms with Gasteiger partial charge in [-0.2, -0.15) is 0 Å². The first kappa shape index (κ1) is 11.5. The van der Waals surface area contributed by atoms with Gasteiger partial charge in [-0.05, 0) is 30.5 Å². The molecule has 1 nitrogen and oxygen atoms in total. The van der Waals surface area contributed by atoms with Crippen LogP contribution >= 0.6 is 0 Å². The third-order valence-electron chi connectivity index (χ3n) is 4.13. The molecule has 0 spiro atoms. The largest absolute Gasteiger partial charge is 0.310 e. The molecule has 2 aromatic carbocycles. The predicted molar refractivity (Wildman–Crippen MR) is 86.6 cm³/mol. The van der Waals surface area contributed by atoms with Crippen LogP contribution < -0.4 is 0 Å². The van der Waals surface area contributed by atoms with Crippen molar-refractivity contribution in [1.29, 1.82) is 0 Å². The summed E-state index contributed by atoms with van der Waals surface area (Å²) < 4.78 is 2.38. The van der Waals surface area contributed by atoms with Crippen LogP contribution in [0.2, 0.25) is 0 Å². The summed E-state index contributed by atoms with van der Waals surface area (Å²) >= 11 is 0. The quantitative estimate of drug-likeness (QED) is 0.564. The van der Waals surface area contributed by atoms with Crippen molar-refractivity contribution in [3.63, 3.8) is 0 Å². The van der Waals surface area contributed by atoms with E-state index in [1.54, 1.807) is 0 Å². The highest BCUT2D eigenvalue weighted by Crippen LogP contribution is 2.33. The monoisotopic (exact) mass is 259 g/mol. The normalized spacial score (nSPS) is 18.6. The van der Waals surface area contributed by atoms with Crippen molar-refractivity contribution in [2.24, 2.45) is 5.92 Å². The molecule has 3 aromatic rings. The Morgan fingerprint density at radius 3 is 2.05 bits per heavy atom. The first-order chi connectivity index (χ1) is 9.84. The average molecular weight is 259 g/mol. The summed E-state index contributed by atoms with van der Waals surface area (Å²) in [5.41, 5.74) is 3.87. The molecule has 0 saturated heterocycles. The molecule has 0 fully saturated rings. The lowest BCUT2D eigenvalue weighted by Crippen LogP contribution is -2.00. The summed E-state index contributed by atoms with van der Waals surface area (Å²) in [7, 11) is 0. The molecule has 98 valence electrons. The standard InChI is InChI=1S/C19H17N/c1-14-10-12-15(13-11-14)20-18-8-4-2-6-16(18)17-7-3-5-9-19(17)20/h2-10,12-14H,11H2,1H3. The molecule has 0 aliphatic heterocycles. The number of fused-ring (bicyclic) bond motifs is 3. The van der Waals surface area contributed by atoms with Crippen molar-refractivity contribution in [3.05, 3.63) is 66.8 Å². The van der Waals surface area contributed by atoms with E-state index < -0.39 is 0 Å². The Balaban J connectivity index is 2.08. The average Bonchev–Trinajstić information content (AvgIpc) is 2.83. The van der Waals surface area contributed by atoms with E-state index >= 15 is 0 Å². The van der Waals surface area contributed by atoms with Crippen LogP contribution in [-0.2, 0) is 0 Å². The Morgan fingerprint density at radius 1 is 0.900 bits per heavy atom. The van der Waals surface area contributed by atoms with Crippen molar-refractivity contribution < 1.29 is 0 Å². The fourth-order valence-electron chi connectivity index (χ4n) is 3.08. The summed E-state index contributed by atoms with van der Waals surface area (Å²) in [4.78, 5) is 0. The molecule has 1 heteroatoms. The number of aromatic nitrogens is 1.